The van der Waals surface area contributed by atoms with Crippen molar-refractivity contribution in [1.29, 1.82) is 0 Å². The fourth-order valence-corrected chi connectivity index (χ4v) is 10.7. The summed E-state index contributed by atoms with van der Waals surface area (Å²) < 4.78 is 0. The van der Waals surface area contributed by atoms with Crippen LogP contribution in [0.3, 0.4) is 0 Å². The van der Waals surface area contributed by atoms with Crippen LogP contribution in [0.25, 0.3) is 0 Å². The number of hydrogen-bond donors (Lipinski definition) is 1. The molecule has 218 valence electrons. The molecule has 0 aromatic carbocycles. The van der Waals surface area contributed by atoms with Crippen molar-refractivity contribution >= 4 is 11.8 Å². The molecule has 6 aliphatic rings. The second-order valence-electron chi connectivity index (χ2n) is 15.6. The SMILES string of the molecule is CN1C(C)(C)C(C)(C)N(C(N)=O)C(C)(C2CCC3CCC4C5=CC=C6C=CC(=O)C=C6C5CCC4C3C2)C1(C)C. The normalized spacial score (nSPS) is 41.5. The predicted octanol–water partition coefficient (Wildman–Crippen LogP) is 6.81. The van der Waals surface area contributed by atoms with Crippen LogP contribution in [-0.2, 0) is 4.79 Å². The van der Waals surface area contributed by atoms with E-state index in [9.17, 15) is 9.59 Å². The Morgan fingerprint density at radius 2 is 1.55 bits per heavy atom. The highest BCUT2D eigenvalue weighted by atomic mass is 16.2. The number of allylic oxidation sites excluding steroid dienone is 8. The Hall–Kier alpha value is -2.14. The van der Waals surface area contributed by atoms with Gasteiger partial charge in [0.05, 0.1) is 11.1 Å². The van der Waals surface area contributed by atoms with Crippen LogP contribution in [0.15, 0.2) is 47.1 Å². The molecule has 0 aromatic heterocycles. The first-order valence-electron chi connectivity index (χ1n) is 15.8. The van der Waals surface area contributed by atoms with Gasteiger partial charge in [-0.2, -0.15) is 0 Å². The molecule has 7 unspecified atom stereocenters. The molecular weight excluding hydrogens is 494 g/mol. The molecule has 4 fully saturated rings. The third kappa shape index (κ3) is 3.55. The number of rotatable bonds is 1. The van der Waals surface area contributed by atoms with E-state index in [0.717, 1.165) is 18.8 Å². The van der Waals surface area contributed by atoms with Crippen LogP contribution < -0.4 is 5.73 Å². The molecule has 7 atom stereocenters. The average molecular weight is 546 g/mol. The maximum atomic E-state index is 13.4. The molecule has 5 aliphatic carbocycles. The molecule has 0 spiro atoms. The summed E-state index contributed by atoms with van der Waals surface area (Å²) in [6.07, 6.45) is 18.8. The van der Waals surface area contributed by atoms with Gasteiger partial charge in [0.25, 0.3) is 0 Å². The van der Waals surface area contributed by atoms with Crippen LogP contribution in [0.2, 0.25) is 0 Å². The van der Waals surface area contributed by atoms with Crippen molar-refractivity contribution in [3.8, 4) is 0 Å². The lowest BCUT2D eigenvalue weighted by Crippen LogP contribution is -2.87. The Labute approximate surface area is 242 Å². The monoisotopic (exact) mass is 545 g/mol. The zero-order valence-corrected chi connectivity index (χ0v) is 26.1. The number of primary amides is 1. The van der Waals surface area contributed by atoms with Crippen molar-refractivity contribution in [2.45, 2.75) is 116 Å². The van der Waals surface area contributed by atoms with Gasteiger partial charge in [0.1, 0.15) is 0 Å². The topological polar surface area (TPSA) is 66.6 Å². The second kappa shape index (κ2) is 8.93. The lowest BCUT2D eigenvalue weighted by molar-refractivity contribution is -0.210. The van der Waals surface area contributed by atoms with Crippen LogP contribution in [-0.4, -0.2) is 50.8 Å². The van der Waals surface area contributed by atoms with E-state index in [1.165, 1.54) is 43.3 Å². The standard InChI is InChI=1S/C35H51N3O2/c1-32(2)33(3,4)38(31(36)40)35(7,34(5,6)37(32)8)23-13-9-21-11-15-25-26-16-12-22-10-14-24(39)20-30(22)28(26)18-17-27(25)29(21)19-23/h10,12,14,16,20-21,23,25,27-29H,9,11,13,15,17-19H2,1-8H3,(H2,36,40). The number of carbonyl (C=O) groups excluding carboxylic acids is 2. The molecule has 2 N–H and O–H groups in total. The van der Waals surface area contributed by atoms with E-state index < -0.39 is 5.54 Å². The van der Waals surface area contributed by atoms with E-state index in [0.29, 0.717) is 29.6 Å². The number of ketones is 1. The van der Waals surface area contributed by atoms with Crippen LogP contribution in [0.1, 0.15) is 93.4 Å². The third-order valence-electron chi connectivity index (χ3n) is 13.9. The molecule has 6 rings (SSSR count). The van der Waals surface area contributed by atoms with E-state index in [4.69, 9.17) is 5.73 Å². The average Bonchev–Trinajstić information content (AvgIpc) is 2.90. The quantitative estimate of drug-likeness (QED) is 0.394. The lowest BCUT2D eigenvalue weighted by atomic mass is 9.49. The van der Waals surface area contributed by atoms with Gasteiger partial charge in [-0.1, -0.05) is 23.8 Å². The van der Waals surface area contributed by atoms with E-state index in [2.05, 4.69) is 77.5 Å². The molecule has 40 heavy (non-hydrogen) atoms. The molecule has 1 heterocycles. The summed E-state index contributed by atoms with van der Waals surface area (Å²) in [6, 6.07) is -0.287. The number of carbonyl (C=O) groups is 2. The van der Waals surface area contributed by atoms with E-state index >= 15 is 0 Å². The first-order chi connectivity index (χ1) is 18.6. The Bertz CT molecular complexity index is 1250. The number of fused-ring (bicyclic) bond motifs is 7. The summed E-state index contributed by atoms with van der Waals surface area (Å²) >= 11 is 0. The molecule has 5 nitrogen and oxygen atoms in total. The molecule has 0 radical (unpaired) electrons. The van der Waals surface area contributed by atoms with Gasteiger partial charge in [0.15, 0.2) is 5.78 Å². The Kier molecular flexibility index (Phi) is 6.25. The van der Waals surface area contributed by atoms with E-state index in [1.807, 2.05) is 12.2 Å². The van der Waals surface area contributed by atoms with E-state index in [1.54, 1.807) is 11.6 Å². The van der Waals surface area contributed by atoms with Crippen molar-refractivity contribution in [3.05, 3.63) is 47.1 Å². The van der Waals surface area contributed by atoms with Gasteiger partial charge in [0, 0.05) is 17.0 Å². The molecule has 3 saturated carbocycles. The molecule has 2 amide bonds. The Morgan fingerprint density at radius 3 is 2.25 bits per heavy atom. The third-order valence-corrected chi connectivity index (χ3v) is 13.9. The minimum absolute atomic E-state index is 0.132. The van der Waals surface area contributed by atoms with Gasteiger partial charge >= 0.3 is 6.03 Å². The zero-order chi connectivity index (χ0) is 29.0. The van der Waals surface area contributed by atoms with Crippen LogP contribution in [0.5, 0.6) is 0 Å². The van der Waals surface area contributed by atoms with Gasteiger partial charge in [0.2, 0.25) is 0 Å². The molecule has 1 saturated heterocycles. The second-order valence-corrected chi connectivity index (χ2v) is 15.6. The summed E-state index contributed by atoms with van der Waals surface area (Å²) in [5.41, 5.74) is 9.09. The fraction of sp³-hybridized carbons (Fsp3) is 0.714. The summed E-state index contributed by atoms with van der Waals surface area (Å²) in [6.45, 7) is 16.0. The highest BCUT2D eigenvalue weighted by Gasteiger charge is 2.68. The summed E-state index contributed by atoms with van der Waals surface area (Å²) in [4.78, 5) is 30.3. The smallest absolute Gasteiger partial charge is 0.315 e. The van der Waals surface area contributed by atoms with Gasteiger partial charge in [-0.05, 0) is 153 Å². The highest BCUT2D eigenvalue weighted by Crippen LogP contribution is 2.61. The van der Waals surface area contributed by atoms with Crippen molar-refractivity contribution in [2.24, 2.45) is 41.2 Å². The van der Waals surface area contributed by atoms with Crippen LogP contribution >= 0.6 is 0 Å². The molecule has 5 heteroatoms. The number of hydrogen-bond acceptors (Lipinski definition) is 3. The minimum Gasteiger partial charge on any atom is -0.351 e. The number of nitrogens with zero attached hydrogens (tertiary/aromatic N) is 2. The summed E-state index contributed by atoms with van der Waals surface area (Å²) in [7, 11) is 2.25. The van der Waals surface area contributed by atoms with Gasteiger partial charge in [-0.25, -0.2) is 4.79 Å². The highest BCUT2D eigenvalue weighted by molar-refractivity contribution is 6.02. The number of nitrogens with two attached hydrogens (primary N) is 1. The van der Waals surface area contributed by atoms with Crippen molar-refractivity contribution in [3.63, 3.8) is 0 Å². The van der Waals surface area contributed by atoms with Gasteiger partial charge in [-0.15, -0.1) is 0 Å². The predicted molar refractivity (Wildman–Crippen MR) is 161 cm³/mol. The van der Waals surface area contributed by atoms with Crippen molar-refractivity contribution < 1.29 is 9.59 Å². The first kappa shape index (κ1) is 28.0. The van der Waals surface area contributed by atoms with Crippen LogP contribution in [0, 0.1) is 35.5 Å². The van der Waals surface area contributed by atoms with Crippen molar-refractivity contribution in [1.82, 2.24) is 9.80 Å². The van der Waals surface area contributed by atoms with Gasteiger partial charge in [-0.3, -0.25) is 9.69 Å². The fourth-order valence-electron chi connectivity index (χ4n) is 10.7. The first-order valence-corrected chi connectivity index (χ1v) is 15.8. The summed E-state index contributed by atoms with van der Waals surface area (Å²) in [5, 5.41) is 0. The summed E-state index contributed by atoms with van der Waals surface area (Å²) in [5.74, 6) is 3.68. The number of amides is 2. The maximum Gasteiger partial charge on any atom is 0.315 e. The molecule has 0 bridgehead atoms. The Morgan fingerprint density at radius 1 is 0.850 bits per heavy atom. The lowest BCUT2D eigenvalue weighted by Gasteiger charge is -2.73. The Balaban J connectivity index is 1.34. The molecular formula is C35H51N3O2. The van der Waals surface area contributed by atoms with E-state index in [-0.39, 0.29) is 28.4 Å². The van der Waals surface area contributed by atoms with Gasteiger partial charge < -0.3 is 10.6 Å². The van der Waals surface area contributed by atoms with Crippen molar-refractivity contribution in [2.75, 3.05) is 7.05 Å². The number of urea groups is 1. The maximum absolute atomic E-state index is 13.4. The molecule has 1 aliphatic heterocycles. The molecule has 0 aromatic rings. The van der Waals surface area contributed by atoms with Crippen LogP contribution in [0.4, 0.5) is 4.79 Å². The number of likely N-dealkylation sites (N-methyl/N-ethyl adjacent to an activating group) is 1. The largest absolute Gasteiger partial charge is 0.351 e. The minimum atomic E-state index is -0.418. The zero-order valence-electron chi connectivity index (χ0n) is 26.1. The number of piperazine rings is 1.